The molecule has 1 aliphatic carbocycles. The molecule has 1 aromatic heterocycles. The van der Waals surface area contributed by atoms with Crippen LogP contribution >= 0.6 is 11.3 Å². The summed E-state index contributed by atoms with van der Waals surface area (Å²) in [6.45, 7) is 1.18. The van der Waals surface area contributed by atoms with E-state index < -0.39 is 0 Å². The topological polar surface area (TPSA) is 32.3 Å². The van der Waals surface area contributed by atoms with E-state index in [0.717, 1.165) is 19.4 Å². The average molecular weight is 197 g/mol. The maximum Gasteiger partial charge on any atom is 0.0613 e. The summed E-state index contributed by atoms with van der Waals surface area (Å²) in [5.41, 5.74) is 0.0456. The first-order valence-corrected chi connectivity index (χ1v) is 5.61. The fourth-order valence-electron chi connectivity index (χ4n) is 1.68. The lowest BCUT2D eigenvalue weighted by molar-refractivity contribution is 0.0875. The number of rotatable bonds is 4. The molecule has 1 aromatic rings. The van der Waals surface area contributed by atoms with E-state index in [1.165, 1.54) is 11.3 Å². The Morgan fingerprint density at radius 1 is 1.54 bits per heavy atom. The third-order valence-electron chi connectivity index (χ3n) is 2.83. The van der Waals surface area contributed by atoms with Gasteiger partial charge in [0.1, 0.15) is 0 Å². The van der Waals surface area contributed by atoms with Crippen molar-refractivity contribution >= 4 is 11.3 Å². The second kappa shape index (κ2) is 3.78. The normalized spacial score (nSPS) is 19.8. The predicted octanol–water partition coefficient (Wildman–Crippen LogP) is 1.75. The number of thiophene rings is 1. The highest BCUT2D eigenvalue weighted by Gasteiger charge is 2.35. The van der Waals surface area contributed by atoms with Gasteiger partial charge < -0.3 is 10.4 Å². The summed E-state index contributed by atoms with van der Waals surface area (Å²) >= 11 is 1.76. The highest BCUT2D eigenvalue weighted by atomic mass is 32.1. The van der Waals surface area contributed by atoms with E-state index in [2.05, 4.69) is 22.8 Å². The van der Waals surface area contributed by atoms with E-state index in [1.54, 1.807) is 11.3 Å². The van der Waals surface area contributed by atoms with Crippen LogP contribution in [0.25, 0.3) is 0 Å². The van der Waals surface area contributed by atoms with Crippen LogP contribution in [0.3, 0.4) is 0 Å². The van der Waals surface area contributed by atoms with Gasteiger partial charge in [-0.25, -0.2) is 0 Å². The molecule has 3 heteroatoms. The fourth-order valence-corrected chi connectivity index (χ4v) is 2.33. The van der Waals surface area contributed by atoms with Crippen LogP contribution in [0, 0.1) is 0 Å². The van der Waals surface area contributed by atoms with Crippen LogP contribution in [-0.4, -0.2) is 17.3 Å². The fraction of sp³-hybridized carbons (Fsp3) is 0.600. The first kappa shape index (κ1) is 9.19. The predicted molar refractivity (Wildman–Crippen MR) is 54.8 cm³/mol. The Morgan fingerprint density at radius 2 is 2.38 bits per heavy atom. The molecular weight excluding hydrogens is 182 g/mol. The van der Waals surface area contributed by atoms with Crippen molar-refractivity contribution in [2.24, 2.45) is 0 Å². The monoisotopic (exact) mass is 197 g/mol. The van der Waals surface area contributed by atoms with Crippen molar-refractivity contribution in [1.82, 2.24) is 5.32 Å². The Hall–Kier alpha value is -0.380. The standard InChI is InChI=1S/C10H15NOS/c12-8-10(4-2-5-10)11-7-9-3-1-6-13-9/h1,3,6,11-12H,2,4-5,7-8H2. The van der Waals surface area contributed by atoms with Crippen LogP contribution in [0.2, 0.25) is 0 Å². The number of hydrogen-bond donors (Lipinski definition) is 2. The van der Waals surface area contributed by atoms with E-state index in [0.29, 0.717) is 0 Å². The number of aliphatic hydroxyl groups excluding tert-OH is 1. The van der Waals surface area contributed by atoms with Gasteiger partial charge in [0, 0.05) is 17.0 Å². The molecule has 0 aromatic carbocycles. The molecule has 72 valence electrons. The Labute approximate surface area is 82.6 Å². The van der Waals surface area contributed by atoms with Gasteiger partial charge in [-0.05, 0) is 30.7 Å². The SMILES string of the molecule is OCC1(NCc2cccs2)CCC1. The third-order valence-corrected chi connectivity index (χ3v) is 3.71. The molecular formula is C10H15NOS. The lowest BCUT2D eigenvalue weighted by atomic mass is 9.77. The lowest BCUT2D eigenvalue weighted by Gasteiger charge is -2.41. The highest BCUT2D eigenvalue weighted by molar-refractivity contribution is 7.09. The van der Waals surface area contributed by atoms with Crippen LogP contribution < -0.4 is 5.32 Å². The van der Waals surface area contributed by atoms with Crippen molar-refractivity contribution in [3.63, 3.8) is 0 Å². The quantitative estimate of drug-likeness (QED) is 0.771. The minimum absolute atomic E-state index is 0.0456. The second-order valence-corrected chi connectivity index (χ2v) is 4.76. The maximum absolute atomic E-state index is 9.21. The van der Waals surface area contributed by atoms with Crippen molar-refractivity contribution in [3.8, 4) is 0 Å². The smallest absolute Gasteiger partial charge is 0.0613 e. The molecule has 0 amide bonds. The van der Waals surface area contributed by atoms with Gasteiger partial charge in [-0.3, -0.25) is 0 Å². The van der Waals surface area contributed by atoms with Gasteiger partial charge in [-0.2, -0.15) is 0 Å². The summed E-state index contributed by atoms with van der Waals surface area (Å²) in [7, 11) is 0. The van der Waals surface area contributed by atoms with E-state index in [9.17, 15) is 5.11 Å². The second-order valence-electron chi connectivity index (χ2n) is 3.72. The van der Waals surface area contributed by atoms with Crippen molar-refractivity contribution in [2.75, 3.05) is 6.61 Å². The van der Waals surface area contributed by atoms with Crippen molar-refractivity contribution in [1.29, 1.82) is 0 Å². The summed E-state index contributed by atoms with van der Waals surface area (Å²) in [5.74, 6) is 0. The molecule has 0 radical (unpaired) electrons. The number of hydrogen-bond acceptors (Lipinski definition) is 3. The van der Waals surface area contributed by atoms with Crippen LogP contribution in [0.15, 0.2) is 17.5 Å². The van der Waals surface area contributed by atoms with Gasteiger partial charge in [-0.15, -0.1) is 11.3 Å². The molecule has 13 heavy (non-hydrogen) atoms. The molecule has 0 aliphatic heterocycles. The van der Waals surface area contributed by atoms with Gasteiger partial charge in [0.05, 0.1) is 6.61 Å². The molecule has 0 unspecified atom stereocenters. The van der Waals surface area contributed by atoms with Gasteiger partial charge in [0.25, 0.3) is 0 Å². The maximum atomic E-state index is 9.21. The van der Waals surface area contributed by atoms with Crippen LogP contribution in [0.1, 0.15) is 24.1 Å². The first-order chi connectivity index (χ1) is 6.35. The van der Waals surface area contributed by atoms with E-state index >= 15 is 0 Å². The molecule has 1 heterocycles. The molecule has 1 aliphatic rings. The van der Waals surface area contributed by atoms with Gasteiger partial charge in [0.15, 0.2) is 0 Å². The summed E-state index contributed by atoms with van der Waals surface area (Å²) in [4.78, 5) is 1.35. The summed E-state index contributed by atoms with van der Waals surface area (Å²) in [6, 6.07) is 4.19. The number of aliphatic hydroxyl groups is 1. The lowest BCUT2D eigenvalue weighted by Crippen LogP contribution is -2.53. The summed E-state index contributed by atoms with van der Waals surface area (Å²) in [6.07, 6.45) is 3.49. The Kier molecular flexibility index (Phi) is 2.67. The third kappa shape index (κ3) is 1.93. The van der Waals surface area contributed by atoms with Crippen LogP contribution in [-0.2, 0) is 6.54 Å². The van der Waals surface area contributed by atoms with Gasteiger partial charge >= 0.3 is 0 Å². The molecule has 0 spiro atoms. The average Bonchev–Trinajstić information content (AvgIpc) is 2.56. The molecule has 0 saturated heterocycles. The summed E-state index contributed by atoms with van der Waals surface area (Å²) < 4.78 is 0. The molecule has 2 rings (SSSR count). The van der Waals surface area contributed by atoms with Crippen LogP contribution in [0.5, 0.6) is 0 Å². The Balaban J connectivity index is 1.84. The molecule has 2 nitrogen and oxygen atoms in total. The van der Waals surface area contributed by atoms with Crippen LogP contribution in [0.4, 0.5) is 0 Å². The Bertz CT molecular complexity index is 248. The molecule has 1 fully saturated rings. The Morgan fingerprint density at radius 3 is 2.85 bits per heavy atom. The zero-order valence-corrected chi connectivity index (χ0v) is 8.44. The van der Waals surface area contributed by atoms with Gasteiger partial charge in [0.2, 0.25) is 0 Å². The molecule has 2 N–H and O–H groups in total. The van der Waals surface area contributed by atoms with Crippen molar-refractivity contribution in [3.05, 3.63) is 22.4 Å². The van der Waals surface area contributed by atoms with Crippen molar-refractivity contribution < 1.29 is 5.11 Å². The zero-order chi connectivity index (χ0) is 9.15. The highest BCUT2D eigenvalue weighted by Crippen LogP contribution is 2.31. The molecule has 0 bridgehead atoms. The van der Waals surface area contributed by atoms with E-state index in [4.69, 9.17) is 0 Å². The van der Waals surface area contributed by atoms with Gasteiger partial charge in [-0.1, -0.05) is 6.07 Å². The van der Waals surface area contributed by atoms with E-state index in [1.807, 2.05) is 0 Å². The largest absolute Gasteiger partial charge is 0.394 e. The molecule has 1 saturated carbocycles. The van der Waals surface area contributed by atoms with E-state index in [-0.39, 0.29) is 12.1 Å². The first-order valence-electron chi connectivity index (χ1n) is 4.73. The minimum Gasteiger partial charge on any atom is -0.394 e. The zero-order valence-electron chi connectivity index (χ0n) is 7.62. The number of nitrogens with one attached hydrogen (secondary N) is 1. The molecule has 0 atom stereocenters. The summed E-state index contributed by atoms with van der Waals surface area (Å²) in [5, 5.41) is 14.7. The minimum atomic E-state index is 0.0456. The van der Waals surface area contributed by atoms with Crippen molar-refractivity contribution in [2.45, 2.75) is 31.3 Å².